The number of rotatable bonds is 6. The summed E-state index contributed by atoms with van der Waals surface area (Å²) < 4.78 is 5.72. The van der Waals surface area contributed by atoms with Crippen molar-refractivity contribution >= 4 is 11.6 Å². The molecule has 0 spiro atoms. The topological polar surface area (TPSA) is 21.3 Å². The fourth-order valence-corrected chi connectivity index (χ4v) is 2.27. The molecule has 2 rings (SSSR count). The highest BCUT2D eigenvalue weighted by Crippen LogP contribution is 2.18. The normalized spacial score (nSPS) is 12.4. The van der Waals surface area contributed by atoms with Crippen LogP contribution in [0.25, 0.3) is 0 Å². The van der Waals surface area contributed by atoms with E-state index < -0.39 is 0 Å². The molecule has 0 aliphatic rings. The molecule has 112 valence electrons. The maximum Gasteiger partial charge on any atom is 0.120 e. The lowest BCUT2D eigenvalue weighted by molar-refractivity contribution is 0.242. The lowest BCUT2D eigenvalue weighted by atomic mass is 10.1. The van der Waals surface area contributed by atoms with Crippen LogP contribution in [0.3, 0.4) is 0 Å². The van der Waals surface area contributed by atoms with Gasteiger partial charge < -0.3 is 10.1 Å². The van der Waals surface area contributed by atoms with Crippen molar-refractivity contribution < 1.29 is 4.74 Å². The zero-order chi connectivity index (χ0) is 15.2. The van der Waals surface area contributed by atoms with Crippen molar-refractivity contribution in [2.75, 3.05) is 0 Å². The molecule has 1 atom stereocenters. The molecule has 0 fully saturated rings. The zero-order valence-corrected chi connectivity index (χ0v) is 13.5. The van der Waals surface area contributed by atoms with Crippen molar-refractivity contribution in [1.82, 2.24) is 5.32 Å². The first-order valence-corrected chi connectivity index (χ1v) is 7.67. The average Bonchev–Trinajstić information content (AvgIpc) is 2.45. The van der Waals surface area contributed by atoms with Crippen molar-refractivity contribution in [3.05, 3.63) is 64.7 Å². The van der Waals surface area contributed by atoms with Crippen LogP contribution >= 0.6 is 11.6 Å². The minimum Gasteiger partial charge on any atom is -0.491 e. The van der Waals surface area contributed by atoms with Gasteiger partial charge in [-0.05, 0) is 56.2 Å². The molecule has 2 nitrogen and oxygen atoms in total. The molecular formula is C18H22ClNO. The largest absolute Gasteiger partial charge is 0.491 e. The minimum absolute atomic E-state index is 0.196. The minimum atomic E-state index is 0.196. The Morgan fingerprint density at radius 3 is 2.43 bits per heavy atom. The SMILES string of the molecule is CC(C)Oc1cccc(CN[C@@H](C)c2ccc(Cl)cc2)c1. The standard InChI is InChI=1S/C18H22ClNO/c1-13(2)21-18-6-4-5-15(11-18)12-20-14(3)16-7-9-17(19)10-8-16/h4-11,13-14,20H,12H2,1-3H3/t14-/m0/s1. The van der Waals surface area contributed by atoms with E-state index in [1.807, 2.05) is 38.1 Å². The first-order chi connectivity index (χ1) is 10.0. The van der Waals surface area contributed by atoms with Gasteiger partial charge in [0.15, 0.2) is 0 Å². The summed E-state index contributed by atoms with van der Waals surface area (Å²) in [6.45, 7) is 7.03. The third kappa shape index (κ3) is 5.07. The number of hydrogen-bond donors (Lipinski definition) is 1. The highest BCUT2D eigenvalue weighted by atomic mass is 35.5. The molecule has 0 radical (unpaired) electrons. The summed E-state index contributed by atoms with van der Waals surface area (Å²) in [7, 11) is 0. The van der Waals surface area contributed by atoms with E-state index in [2.05, 4.69) is 36.5 Å². The van der Waals surface area contributed by atoms with Crippen LogP contribution in [0, 0.1) is 0 Å². The number of nitrogens with one attached hydrogen (secondary N) is 1. The van der Waals surface area contributed by atoms with Gasteiger partial charge in [0, 0.05) is 17.6 Å². The van der Waals surface area contributed by atoms with Crippen molar-refractivity contribution in [2.24, 2.45) is 0 Å². The Hall–Kier alpha value is -1.51. The Labute approximate surface area is 132 Å². The molecule has 0 heterocycles. The van der Waals surface area contributed by atoms with Gasteiger partial charge in [-0.25, -0.2) is 0 Å². The molecular weight excluding hydrogens is 282 g/mol. The average molecular weight is 304 g/mol. The Morgan fingerprint density at radius 2 is 1.76 bits per heavy atom. The molecule has 0 saturated carbocycles. The van der Waals surface area contributed by atoms with E-state index in [1.54, 1.807) is 0 Å². The summed E-state index contributed by atoms with van der Waals surface area (Å²) in [6.07, 6.45) is 0.196. The molecule has 0 amide bonds. The second-order valence-corrected chi connectivity index (χ2v) is 5.90. The van der Waals surface area contributed by atoms with Gasteiger partial charge in [-0.2, -0.15) is 0 Å². The zero-order valence-electron chi connectivity index (χ0n) is 12.8. The Morgan fingerprint density at radius 1 is 1.05 bits per heavy atom. The van der Waals surface area contributed by atoms with Gasteiger partial charge in [-0.3, -0.25) is 0 Å². The molecule has 0 aliphatic carbocycles. The van der Waals surface area contributed by atoms with Crippen LogP contribution in [0.4, 0.5) is 0 Å². The van der Waals surface area contributed by atoms with Gasteiger partial charge in [0.25, 0.3) is 0 Å². The third-order valence-electron chi connectivity index (χ3n) is 3.25. The van der Waals surface area contributed by atoms with Crippen LogP contribution in [0.15, 0.2) is 48.5 Å². The molecule has 2 aromatic rings. The fourth-order valence-electron chi connectivity index (χ4n) is 2.14. The van der Waals surface area contributed by atoms with Crippen LogP contribution in [0.5, 0.6) is 5.75 Å². The Bertz CT molecular complexity index is 566. The second-order valence-electron chi connectivity index (χ2n) is 5.47. The van der Waals surface area contributed by atoms with Crippen LogP contribution in [0.2, 0.25) is 5.02 Å². The smallest absolute Gasteiger partial charge is 0.120 e. The van der Waals surface area contributed by atoms with E-state index in [9.17, 15) is 0 Å². The van der Waals surface area contributed by atoms with Gasteiger partial charge in [0.2, 0.25) is 0 Å². The highest BCUT2D eigenvalue weighted by molar-refractivity contribution is 6.30. The molecule has 3 heteroatoms. The molecule has 0 saturated heterocycles. The first kappa shape index (κ1) is 15.9. The van der Waals surface area contributed by atoms with E-state index in [1.165, 1.54) is 11.1 Å². The predicted molar refractivity (Wildman–Crippen MR) is 88.9 cm³/mol. The molecule has 0 bridgehead atoms. The lowest BCUT2D eigenvalue weighted by Gasteiger charge is -2.15. The molecule has 0 aromatic heterocycles. The summed E-state index contributed by atoms with van der Waals surface area (Å²) >= 11 is 5.91. The van der Waals surface area contributed by atoms with E-state index in [0.717, 1.165) is 17.3 Å². The quantitative estimate of drug-likeness (QED) is 0.813. The fraction of sp³-hybridized carbons (Fsp3) is 0.333. The summed E-state index contributed by atoms with van der Waals surface area (Å²) in [6, 6.07) is 16.4. The van der Waals surface area contributed by atoms with E-state index in [-0.39, 0.29) is 12.1 Å². The number of halogens is 1. The van der Waals surface area contributed by atoms with E-state index in [4.69, 9.17) is 16.3 Å². The molecule has 0 aliphatic heterocycles. The van der Waals surface area contributed by atoms with Gasteiger partial charge >= 0.3 is 0 Å². The molecule has 2 aromatic carbocycles. The highest BCUT2D eigenvalue weighted by Gasteiger charge is 2.05. The van der Waals surface area contributed by atoms with Crippen molar-refractivity contribution in [2.45, 2.75) is 39.5 Å². The number of benzene rings is 2. The summed E-state index contributed by atoms with van der Waals surface area (Å²) in [4.78, 5) is 0. The van der Waals surface area contributed by atoms with Gasteiger partial charge in [0.05, 0.1) is 6.10 Å². The number of ether oxygens (including phenoxy) is 1. The maximum atomic E-state index is 5.91. The monoisotopic (exact) mass is 303 g/mol. The molecule has 21 heavy (non-hydrogen) atoms. The predicted octanol–water partition coefficient (Wildman–Crippen LogP) is 4.98. The summed E-state index contributed by atoms with van der Waals surface area (Å²) in [5.41, 5.74) is 2.45. The van der Waals surface area contributed by atoms with E-state index in [0.29, 0.717) is 0 Å². The lowest BCUT2D eigenvalue weighted by Crippen LogP contribution is -2.18. The first-order valence-electron chi connectivity index (χ1n) is 7.29. The summed E-state index contributed by atoms with van der Waals surface area (Å²) in [5.74, 6) is 0.920. The van der Waals surface area contributed by atoms with Crippen molar-refractivity contribution in [3.8, 4) is 5.75 Å². The summed E-state index contributed by atoms with van der Waals surface area (Å²) in [5, 5.41) is 4.28. The van der Waals surface area contributed by atoms with Gasteiger partial charge in [0.1, 0.15) is 5.75 Å². The van der Waals surface area contributed by atoms with Crippen molar-refractivity contribution in [3.63, 3.8) is 0 Å². The van der Waals surface area contributed by atoms with Gasteiger partial charge in [-0.1, -0.05) is 35.9 Å². The third-order valence-corrected chi connectivity index (χ3v) is 3.50. The number of hydrogen-bond acceptors (Lipinski definition) is 2. The second kappa shape index (κ2) is 7.48. The Kier molecular flexibility index (Phi) is 5.66. The Balaban J connectivity index is 1.94. The van der Waals surface area contributed by atoms with Crippen molar-refractivity contribution in [1.29, 1.82) is 0 Å². The van der Waals surface area contributed by atoms with E-state index >= 15 is 0 Å². The van der Waals surface area contributed by atoms with Crippen LogP contribution in [-0.2, 0) is 6.54 Å². The molecule has 1 N–H and O–H groups in total. The van der Waals surface area contributed by atoms with Gasteiger partial charge in [-0.15, -0.1) is 0 Å². The maximum absolute atomic E-state index is 5.91. The van der Waals surface area contributed by atoms with Crippen LogP contribution in [-0.4, -0.2) is 6.10 Å². The van der Waals surface area contributed by atoms with Crippen LogP contribution < -0.4 is 10.1 Å². The molecule has 0 unspecified atom stereocenters. The van der Waals surface area contributed by atoms with Crippen LogP contribution in [0.1, 0.15) is 37.9 Å².